The zero-order valence-electron chi connectivity index (χ0n) is 19.0. The lowest BCUT2D eigenvalue weighted by Crippen LogP contribution is -2.22. The largest absolute Gasteiger partial charge is 0.495 e. The van der Waals surface area contributed by atoms with E-state index >= 15 is 0 Å². The first kappa shape index (κ1) is 24.2. The zero-order chi connectivity index (χ0) is 24.2. The number of rotatable bonds is 8. The summed E-state index contributed by atoms with van der Waals surface area (Å²) in [6, 6.07) is 11.7. The highest BCUT2D eigenvalue weighted by molar-refractivity contribution is 7.22. The molecule has 0 aliphatic heterocycles. The Labute approximate surface area is 212 Å². The van der Waals surface area contributed by atoms with Gasteiger partial charge in [0.25, 0.3) is 0 Å². The molecule has 0 spiro atoms. The number of benzene rings is 1. The van der Waals surface area contributed by atoms with Crippen LogP contribution in [0, 0.1) is 11.3 Å². The molecule has 4 aromatic rings. The van der Waals surface area contributed by atoms with Gasteiger partial charge < -0.3 is 10.1 Å². The molecular weight excluding hydrogens is 489 g/mol. The van der Waals surface area contributed by atoms with Crippen molar-refractivity contribution in [1.29, 1.82) is 5.26 Å². The summed E-state index contributed by atoms with van der Waals surface area (Å²) in [5.74, 6) is 0.484. The second kappa shape index (κ2) is 10.6. The third kappa shape index (κ3) is 4.96. The lowest BCUT2D eigenvalue weighted by Gasteiger charge is -2.17. The molecule has 0 fully saturated rings. The van der Waals surface area contributed by atoms with Gasteiger partial charge in [0, 0.05) is 25.0 Å². The van der Waals surface area contributed by atoms with Crippen molar-refractivity contribution in [1.82, 2.24) is 14.9 Å². The van der Waals surface area contributed by atoms with Gasteiger partial charge in [-0.15, -0.1) is 11.3 Å². The molecule has 6 nitrogen and oxygen atoms in total. The van der Waals surface area contributed by atoms with E-state index in [1.54, 1.807) is 18.3 Å². The van der Waals surface area contributed by atoms with Crippen molar-refractivity contribution in [2.45, 2.75) is 20.4 Å². The number of nitrogens with one attached hydrogen (secondary N) is 1. The Morgan fingerprint density at radius 2 is 1.88 bits per heavy atom. The molecule has 1 N–H and O–H groups in total. The zero-order valence-corrected chi connectivity index (χ0v) is 21.4. The molecule has 0 aliphatic rings. The average molecular weight is 512 g/mol. The summed E-state index contributed by atoms with van der Waals surface area (Å²) in [4.78, 5) is 12.5. The van der Waals surface area contributed by atoms with Crippen LogP contribution < -0.4 is 10.1 Å². The van der Waals surface area contributed by atoms with Crippen molar-refractivity contribution in [3.8, 4) is 22.4 Å². The molecule has 34 heavy (non-hydrogen) atoms. The minimum Gasteiger partial charge on any atom is -0.495 e. The van der Waals surface area contributed by atoms with Crippen LogP contribution in [0.1, 0.15) is 25.0 Å². The van der Waals surface area contributed by atoms with Crippen molar-refractivity contribution < 1.29 is 4.74 Å². The fourth-order valence-electron chi connectivity index (χ4n) is 3.60. The molecule has 3 aromatic heterocycles. The number of methoxy groups -OCH3 is 1. The van der Waals surface area contributed by atoms with Crippen molar-refractivity contribution in [2.24, 2.45) is 0 Å². The van der Waals surface area contributed by atoms with Crippen LogP contribution in [0.15, 0.2) is 42.7 Å². The quantitative estimate of drug-likeness (QED) is 0.271. The van der Waals surface area contributed by atoms with Gasteiger partial charge in [-0.1, -0.05) is 43.1 Å². The molecule has 0 atom stereocenters. The Hall–Kier alpha value is -2.89. The number of nitrogens with zero attached hydrogens (tertiary/aromatic N) is 4. The van der Waals surface area contributed by atoms with E-state index in [0.717, 1.165) is 40.4 Å². The van der Waals surface area contributed by atoms with Gasteiger partial charge in [0.05, 0.1) is 54.9 Å². The highest BCUT2D eigenvalue weighted by atomic mass is 35.5. The van der Waals surface area contributed by atoms with E-state index in [2.05, 4.69) is 46.2 Å². The van der Waals surface area contributed by atoms with Crippen molar-refractivity contribution in [2.75, 3.05) is 25.5 Å². The maximum Gasteiger partial charge on any atom is 0.139 e. The van der Waals surface area contributed by atoms with Gasteiger partial charge in [-0.2, -0.15) is 5.26 Å². The van der Waals surface area contributed by atoms with Crippen molar-refractivity contribution >= 4 is 56.1 Å². The number of halogens is 2. The molecule has 4 rings (SSSR count). The number of pyridine rings is 2. The Morgan fingerprint density at radius 1 is 1.09 bits per heavy atom. The molecule has 0 amide bonds. The fourth-order valence-corrected chi connectivity index (χ4v) is 5.20. The molecular formula is C25H23Cl2N5OS. The predicted octanol–water partition coefficient (Wildman–Crippen LogP) is 7.13. The third-order valence-electron chi connectivity index (χ3n) is 5.54. The SMILES string of the molecule is CCN(CC)Cc1ccc(-c2cc3ncc(C#N)c(Nc4cc(OC)c(Cl)cc4Cl)c3s2)nc1. The first-order valence-corrected chi connectivity index (χ1v) is 12.3. The van der Waals surface area contributed by atoms with E-state index in [1.165, 1.54) is 24.0 Å². The number of hydrogen-bond acceptors (Lipinski definition) is 7. The van der Waals surface area contributed by atoms with Gasteiger partial charge in [-0.3, -0.25) is 14.9 Å². The second-order valence-electron chi connectivity index (χ2n) is 7.59. The Bertz CT molecular complexity index is 1360. The minimum absolute atomic E-state index is 0.410. The van der Waals surface area contributed by atoms with E-state index in [1.807, 2.05) is 18.3 Å². The lowest BCUT2D eigenvalue weighted by atomic mass is 10.2. The van der Waals surface area contributed by atoms with E-state index in [0.29, 0.717) is 32.7 Å². The van der Waals surface area contributed by atoms with Gasteiger partial charge in [-0.25, -0.2) is 0 Å². The fraction of sp³-hybridized carbons (Fsp3) is 0.240. The van der Waals surface area contributed by atoms with Crippen molar-refractivity contribution in [3.05, 3.63) is 63.9 Å². The van der Waals surface area contributed by atoms with Crippen LogP contribution in [-0.2, 0) is 6.54 Å². The Balaban J connectivity index is 1.71. The summed E-state index contributed by atoms with van der Waals surface area (Å²) in [5, 5.41) is 13.8. The molecule has 0 bridgehead atoms. The first-order valence-electron chi connectivity index (χ1n) is 10.8. The molecule has 3 heterocycles. The average Bonchev–Trinajstić information content (AvgIpc) is 3.29. The smallest absolute Gasteiger partial charge is 0.139 e. The van der Waals surface area contributed by atoms with Crippen LogP contribution in [0.4, 0.5) is 11.4 Å². The maximum atomic E-state index is 9.72. The number of nitriles is 1. The number of aromatic nitrogens is 2. The van der Waals surface area contributed by atoms with Crippen LogP contribution in [-0.4, -0.2) is 35.1 Å². The van der Waals surface area contributed by atoms with Crippen LogP contribution in [0.3, 0.4) is 0 Å². The summed E-state index contributed by atoms with van der Waals surface area (Å²) in [5.41, 5.74) is 4.43. The van der Waals surface area contributed by atoms with E-state index in [-0.39, 0.29) is 0 Å². The Morgan fingerprint density at radius 3 is 2.53 bits per heavy atom. The third-order valence-corrected chi connectivity index (χ3v) is 7.31. The molecule has 174 valence electrons. The number of anilines is 2. The van der Waals surface area contributed by atoms with E-state index in [4.69, 9.17) is 27.9 Å². The van der Waals surface area contributed by atoms with E-state index < -0.39 is 0 Å². The van der Waals surface area contributed by atoms with E-state index in [9.17, 15) is 5.26 Å². The highest BCUT2D eigenvalue weighted by Gasteiger charge is 2.17. The molecule has 0 aliphatic carbocycles. The predicted molar refractivity (Wildman–Crippen MR) is 140 cm³/mol. The normalized spacial score (nSPS) is 11.1. The Kier molecular flexibility index (Phi) is 7.54. The minimum atomic E-state index is 0.410. The van der Waals surface area contributed by atoms with Gasteiger partial charge in [0.2, 0.25) is 0 Å². The topological polar surface area (TPSA) is 74.1 Å². The molecule has 0 unspecified atom stereocenters. The van der Waals surface area contributed by atoms with Crippen LogP contribution >= 0.6 is 34.5 Å². The van der Waals surface area contributed by atoms with Crippen LogP contribution in [0.2, 0.25) is 10.0 Å². The molecule has 0 radical (unpaired) electrons. The standard InChI is InChI=1S/C25H23Cl2N5OS/c1-4-32(5-2)14-15-6-7-19(29-12-15)23-10-21-25(34-23)24(16(11-28)13-30-21)31-20-9-22(33-3)18(27)8-17(20)26/h6-10,12-13H,4-5,14H2,1-3H3,(H,30,31). The maximum absolute atomic E-state index is 9.72. The van der Waals surface area contributed by atoms with Gasteiger partial charge >= 0.3 is 0 Å². The van der Waals surface area contributed by atoms with Crippen LogP contribution in [0.25, 0.3) is 20.8 Å². The summed E-state index contributed by atoms with van der Waals surface area (Å²) in [6.07, 6.45) is 3.48. The number of thiophene rings is 1. The molecule has 9 heteroatoms. The van der Waals surface area contributed by atoms with Gasteiger partial charge in [0.15, 0.2) is 0 Å². The number of ether oxygens (including phenoxy) is 1. The van der Waals surface area contributed by atoms with Gasteiger partial charge in [0.1, 0.15) is 11.8 Å². The number of fused-ring (bicyclic) bond motifs is 1. The summed E-state index contributed by atoms with van der Waals surface area (Å²) in [7, 11) is 1.54. The number of hydrogen-bond donors (Lipinski definition) is 1. The van der Waals surface area contributed by atoms with Gasteiger partial charge in [-0.05, 0) is 36.9 Å². The molecule has 0 saturated carbocycles. The van der Waals surface area contributed by atoms with Crippen LogP contribution in [0.5, 0.6) is 5.75 Å². The monoisotopic (exact) mass is 511 g/mol. The summed E-state index contributed by atoms with van der Waals surface area (Å²) < 4.78 is 6.16. The highest BCUT2D eigenvalue weighted by Crippen LogP contribution is 2.41. The molecule has 1 aromatic carbocycles. The second-order valence-corrected chi connectivity index (χ2v) is 9.45. The van der Waals surface area contributed by atoms with Crippen molar-refractivity contribution in [3.63, 3.8) is 0 Å². The lowest BCUT2D eigenvalue weighted by molar-refractivity contribution is 0.295. The summed E-state index contributed by atoms with van der Waals surface area (Å²) >= 11 is 14.1. The first-order chi connectivity index (χ1) is 16.5. The molecule has 0 saturated heterocycles. The summed E-state index contributed by atoms with van der Waals surface area (Å²) in [6.45, 7) is 7.19.